The fourth-order valence-corrected chi connectivity index (χ4v) is 5.34. The first-order valence-corrected chi connectivity index (χ1v) is 13.7. The molecule has 0 N–H and O–H groups in total. The van der Waals surface area contributed by atoms with Crippen LogP contribution in [0.2, 0.25) is 0 Å². The van der Waals surface area contributed by atoms with Gasteiger partial charge in [-0.25, -0.2) is 9.97 Å². The van der Waals surface area contributed by atoms with E-state index in [2.05, 4.69) is 76.3 Å². The maximum absolute atomic E-state index is 5.15. The van der Waals surface area contributed by atoms with E-state index >= 15 is 0 Å². The second-order valence-electron chi connectivity index (χ2n) is 9.78. The molecule has 4 heteroatoms. The lowest BCUT2D eigenvalue weighted by Gasteiger charge is -2.14. The Kier molecular flexibility index (Phi) is 7.22. The third kappa shape index (κ3) is 4.57. The first-order chi connectivity index (χ1) is 17.7. The van der Waals surface area contributed by atoms with Crippen LogP contribution in [0.3, 0.4) is 0 Å². The summed E-state index contributed by atoms with van der Waals surface area (Å²) in [4.78, 5) is 20.6. The van der Waals surface area contributed by atoms with Crippen LogP contribution >= 0.6 is 0 Å². The molecule has 36 heavy (non-hydrogen) atoms. The number of fused-ring (bicyclic) bond motifs is 8. The van der Waals surface area contributed by atoms with Crippen LogP contribution < -0.4 is 9.97 Å². The molecule has 4 nitrogen and oxygen atoms in total. The Balaban J connectivity index is 1.94. The zero-order valence-corrected chi connectivity index (χ0v) is 22.1. The van der Waals surface area contributed by atoms with Gasteiger partial charge in [-0.2, -0.15) is 0 Å². The van der Waals surface area contributed by atoms with Crippen molar-refractivity contribution in [1.82, 2.24) is 19.9 Å². The van der Waals surface area contributed by atoms with Crippen molar-refractivity contribution in [2.24, 2.45) is 0 Å². The number of hydrogen-bond acceptors (Lipinski definition) is 2. The molecule has 186 valence electrons. The predicted octanol–water partition coefficient (Wildman–Crippen LogP) is 7.72. The van der Waals surface area contributed by atoms with E-state index in [4.69, 9.17) is 19.9 Å². The van der Waals surface area contributed by atoms with Crippen molar-refractivity contribution >= 4 is 46.4 Å². The standard InChI is InChI=1S/C32H36N4/c1-5-9-21-25-13-15-27(33-25)22(10-6-2)29-17-19-31(35-29)24(12-8-4)32-20-18-30(36-32)23(11-7-3)28-16-14-26(21)34-28/h13-20H,5-12H2,1-4H3/q-2. The molecular formula is C32H36N4-2. The maximum atomic E-state index is 5.15. The summed E-state index contributed by atoms with van der Waals surface area (Å²) in [5.41, 5.74) is 13.2. The third-order valence-corrected chi connectivity index (χ3v) is 7.03. The van der Waals surface area contributed by atoms with Gasteiger partial charge in [0.1, 0.15) is 0 Å². The Morgan fingerprint density at radius 1 is 0.444 bits per heavy atom. The number of aryl methyl sites for hydroxylation is 3. The molecule has 2 aliphatic rings. The first kappa shape index (κ1) is 24.3. The Bertz CT molecular complexity index is 1370. The SMILES string of the molecule is CCCc1c2nc(c(CCC)c3ccc([n-]3)c(CCC)c3ccc([n-]3)c(CCC)c3nc1C=C3)C=C2. The lowest BCUT2D eigenvalue weighted by Crippen LogP contribution is -1.96. The molecule has 5 rings (SSSR count). The molecule has 3 aromatic rings. The fraction of sp³-hybridized carbons (Fsp3) is 0.375. The van der Waals surface area contributed by atoms with Gasteiger partial charge in [-0.05, 0) is 61.1 Å². The number of hydrogen-bond donors (Lipinski definition) is 0. The molecule has 0 atom stereocenters. The van der Waals surface area contributed by atoms with E-state index < -0.39 is 0 Å². The topological polar surface area (TPSA) is 54.0 Å². The molecule has 8 bridgehead atoms. The third-order valence-electron chi connectivity index (χ3n) is 7.03. The smallest absolute Gasteiger partial charge is 0.0691 e. The van der Waals surface area contributed by atoms with E-state index in [-0.39, 0.29) is 0 Å². The van der Waals surface area contributed by atoms with E-state index in [0.29, 0.717) is 0 Å². The summed E-state index contributed by atoms with van der Waals surface area (Å²) in [5, 5.41) is 0. The van der Waals surface area contributed by atoms with Crippen LogP contribution in [-0.2, 0) is 25.7 Å². The average molecular weight is 477 g/mol. The highest BCUT2D eigenvalue weighted by Gasteiger charge is 2.14. The van der Waals surface area contributed by atoms with Crippen LogP contribution in [0, 0.1) is 0 Å². The van der Waals surface area contributed by atoms with Crippen molar-refractivity contribution in [2.45, 2.75) is 79.1 Å². The Hall–Kier alpha value is -3.40. The molecule has 0 saturated heterocycles. The van der Waals surface area contributed by atoms with Crippen LogP contribution in [-0.4, -0.2) is 9.97 Å². The van der Waals surface area contributed by atoms with E-state index in [1.54, 1.807) is 0 Å². The summed E-state index contributed by atoms with van der Waals surface area (Å²) < 4.78 is 0. The predicted molar refractivity (Wildman–Crippen MR) is 153 cm³/mol. The van der Waals surface area contributed by atoms with Crippen LogP contribution in [0.15, 0.2) is 24.3 Å². The Morgan fingerprint density at radius 2 is 0.750 bits per heavy atom. The van der Waals surface area contributed by atoms with Gasteiger partial charge in [0.05, 0.1) is 22.8 Å². The summed E-state index contributed by atoms with van der Waals surface area (Å²) in [6.45, 7) is 8.88. The number of nitrogens with zero attached hydrogens (tertiary/aromatic N) is 4. The van der Waals surface area contributed by atoms with Crippen molar-refractivity contribution in [2.75, 3.05) is 0 Å². The first-order valence-electron chi connectivity index (χ1n) is 13.7. The van der Waals surface area contributed by atoms with Crippen LogP contribution in [0.1, 0.15) is 98.4 Å². The van der Waals surface area contributed by atoms with Gasteiger partial charge in [0.15, 0.2) is 0 Å². The molecule has 0 saturated carbocycles. The zero-order chi connectivity index (χ0) is 25.1. The zero-order valence-electron chi connectivity index (χ0n) is 22.1. The largest absolute Gasteiger partial charge is 0.657 e. The van der Waals surface area contributed by atoms with Gasteiger partial charge in [-0.15, -0.1) is 22.1 Å². The van der Waals surface area contributed by atoms with Crippen molar-refractivity contribution in [3.05, 3.63) is 69.3 Å². The second kappa shape index (κ2) is 10.7. The highest BCUT2D eigenvalue weighted by molar-refractivity contribution is 5.83. The van der Waals surface area contributed by atoms with Gasteiger partial charge in [0, 0.05) is 5.56 Å². The van der Waals surface area contributed by atoms with E-state index in [9.17, 15) is 0 Å². The minimum absolute atomic E-state index is 0.950. The summed E-state index contributed by atoms with van der Waals surface area (Å²) in [6, 6.07) is 8.68. The minimum Gasteiger partial charge on any atom is -0.657 e. The van der Waals surface area contributed by atoms with Gasteiger partial charge in [-0.3, -0.25) is 0 Å². The second-order valence-corrected chi connectivity index (χ2v) is 9.78. The normalized spacial score (nSPS) is 12.6. The summed E-state index contributed by atoms with van der Waals surface area (Å²) >= 11 is 0. The van der Waals surface area contributed by atoms with Gasteiger partial charge < -0.3 is 9.97 Å². The van der Waals surface area contributed by atoms with Crippen LogP contribution in [0.4, 0.5) is 0 Å². The van der Waals surface area contributed by atoms with E-state index in [1.165, 1.54) is 22.3 Å². The van der Waals surface area contributed by atoms with Crippen LogP contribution in [0.25, 0.3) is 46.4 Å². The van der Waals surface area contributed by atoms with Crippen molar-refractivity contribution in [3.63, 3.8) is 0 Å². The van der Waals surface area contributed by atoms with Gasteiger partial charge in [-0.1, -0.05) is 83.2 Å². The molecule has 0 amide bonds. The lowest BCUT2D eigenvalue weighted by atomic mass is 10.1. The molecule has 5 heterocycles. The molecule has 0 spiro atoms. The van der Waals surface area contributed by atoms with Crippen molar-refractivity contribution < 1.29 is 0 Å². The molecule has 0 radical (unpaired) electrons. The molecule has 0 unspecified atom stereocenters. The Labute approximate surface area is 214 Å². The molecule has 0 aliphatic carbocycles. The quantitative estimate of drug-likeness (QED) is 0.230. The van der Waals surface area contributed by atoms with Gasteiger partial charge in [0.25, 0.3) is 0 Å². The summed E-state index contributed by atoms with van der Waals surface area (Å²) in [5.74, 6) is 0. The molecule has 2 aliphatic heterocycles. The van der Waals surface area contributed by atoms with Crippen molar-refractivity contribution in [1.29, 1.82) is 0 Å². The van der Waals surface area contributed by atoms with Crippen molar-refractivity contribution in [3.8, 4) is 0 Å². The Morgan fingerprint density at radius 3 is 1.14 bits per heavy atom. The average Bonchev–Trinajstić information content (AvgIpc) is 3.69. The molecule has 0 fully saturated rings. The fourth-order valence-electron chi connectivity index (χ4n) is 5.34. The van der Waals surface area contributed by atoms with E-state index in [0.717, 1.165) is 96.2 Å². The molecule has 3 aromatic heterocycles. The molecular weight excluding hydrogens is 440 g/mol. The van der Waals surface area contributed by atoms with Gasteiger partial charge in [0.2, 0.25) is 0 Å². The van der Waals surface area contributed by atoms with E-state index in [1.807, 2.05) is 0 Å². The highest BCUT2D eigenvalue weighted by Crippen LogP contribution is 2.28. The number of rotatable bonds is 8. The van der Waals surface area contributed by atoms with Gasteiger partial charge >= 0.3 is 0 Å². The highest BCUT2D eigenvalue weighted by atomic mass is 14.8. The summed E-state index contributed by atoms with van der Waals surface area (Å²) in [7, 11) is 0. The molecule has 0 aromatic carbocycles. The minimum atomic E-state index is 0.950. The summed E-state index contributed by atoms with van der Waals surface area (Å²) in [6.07, 6.45) is 16.7. The monoisotopic (exact) mass is 476 g/mol. The number of aromatic nitrogens is 4. The lowest BCUT2D eigenvalue weighted by molar-refractivity contribution is 0.896. The maximum Gasteiger partial charge on any atom is 0.0691 e. The van der Waals surface area contributed by atoms with Crippen LogP contribution in [0.5, 0.6) is 0 Å².